The Hall–Kier alpha value is -2.83. The molecule has 0 spiro atoms. The summed E-state index contributed by atoms with van der Waals surface area (Å²) in [6.07, 6.45) is 0. The number of rotatable bonds is 2. The standard InChI is InChI=1S/C18H21N5O2/c1-5-21-16(24)14-15(20(4)18(21)25)19-17-22(8-9-23(14)17)13-10-11(2)6-7-12(13)3/h6-7,10H,5,8-9H2,1-4H3. The van der Waals surface area contributed by atoms with Crippen LogP contribution in [0.3, 0.4) is 0 Å². The minimum atomic E-state index is -0.324. The first-order chi connectivity index (χ1) is 11.9. The predicted molar refractivity (Wildman–Crippen MR) is 97.8 cm³/mol. The van der Waals surface area contributed by atoms with Crippen LogP contribution in [-0.4, -0.2) is 25.2 Å². The van der Waals surface area contributed by atoms with E-state index in [1.165, 1.54) is 14.7 Å². The van der Waals surface area contributed by atoms with Crippen LogP contribution in [0.1, 0.15) is 18.1 Å². The van der Waals surface area contributed by atoms with Crippen LogP contribution in [0.5, 0.6) is 0 Å². The van der Waals surface area contributed by atoms with Gasteiger partial charge < -0.3 is 9.47 Å². The third-order valence-electron chi connectivity index (χ3n) is 4.97. The van der Waals surface area contributed by atoms with Crippen molar-refractivity contribution in [1.29, 1.82) is 0 Å². The van der Waals surface area contributed by atoms with E-state index in [0.29, 0.717) is 24.3 Å². The molecule has 0 fully saturated rings. The molecule has 1 aliphatic rings. The SMILES string of the molecule is CCn1c(=O)c2c(nc3n2CCN3c2cc(C)ccc2C)n(C)c1=O. The number of imidazole rings is 1. The Morgan fingerprint density at radius 2 is 1.92 bits per heavy atom. The largest absolute Gasteiger partial charge is 0.332 e. The van der Waals surface area contributed by atoms with Crippen LogP contribution in [0.25, 0.3) is 11.2 Å². The fourth-order valence-electron chi connectivity index (χ4n) is 3.60. The van der Waals surface area contributed by atoms with Crippen molar-refractivity contribution in [2.75, 3.05) is 11.4 Å². The first kappa shape index (κ1) is 15.7. The average Bonchev–Trinajstić information content (AvgIpc) is 3.15. The fourth-order valence-corrected chi connectivity index (χ4v) is 3.60. The second kappa shape index (κ2) is 5.34. The zero-order valence-electron chi connectivity index (χ0n) is 14.9. The van der Waals surface area contributed by atoms with Crippen LogP contribution in [-0.2, 0) is 20.1 Å². The normalized spacial score (nSPS) is 13.7. The number of aromatic nitrogens is 4. The van der Waals surface area contributed by atoms with Gasteiger partial charge in [0.1, 0.15) is 0 Å². The summed E-state index contributed by atoms with van der Waals surface area (Å²) in [6.45, 7) is 7.72. The van der Waals surface area contributed by atoms with Crippen molar-refractivity contribution in [3.8, 4) is 0 Å². The topological polar surface area (TPSA) is 65.1 Å². The Morgan fingerprint density at radius 3 is 2.64 bits per heavy atom. The molecule has 2 aromatic heterocycles. The molecule has 7 heteroatoms. The van der Waals surface area contributed by atoms with E-state index in [9.17, 15) is 9.59 Å². The van der Waals surface area contributed by atoms with Gasteiger partial charge in [0.15, 0.2) is 11.2 Å². The van der Waals surface area contributed by atoms with Gasteiger partial charge in [-0.25, -0.2) is 4.79 Å². The summed E-state index contributed by atoms with van der Waals surface area (Å²) in [5.74, 6) is 0.727. The molecule has 0 bridgehead atoms. The van der Waals surface area contributed by atoms with Crippen molar-refractivity contribution in [3.63, 3.8) is 0 Å². The lowest BCUT2D eigenvalue weighted by Crippen LogP contribution is -2.39. The molecule has 1 aliphatic heterocycles. The molecule has 0 unspecified atom stereocenters. The number of fused-ring (bicyclic) bond motifs is 3. The highest BCUT2D eigenvalue weighted by Gasteiger charge is 2.29. The summed E-state index contributed by atoms with van der Waals surface area (Å²) in [6, 6.07) is 6.31. The molecule has 4 rings (SSSR count). The molecule has 0 amide bonds. The van der Waals surface area contributed by atoms with E-state index < -0.39 is 0 Å². The minimum Gasteiger partial charge on any atom is -0.310 e. The van der Waals surface area contributed by atoms with Gasteiger partial charge in [0.2, 0.25) is 5.95 Å². The van der Waals surface area contributed by atoms with Crippen LogP contribution >= 0.6 is 0 Å². The lowest BCUT2D eigenvalue weighted by molar-refractivity contribution is 0.633. The quantitative estimate of drug-likeness (QED) is 0.713. The summed E-state index contributed by atoms with van der Waals surface area (Å²) in [5.41, 5.74) is 3.80. The molecule has 0 saturated heterocycles. The smallest absolute Gasteiger partial charge is 0.310 e. The molecule has 0 aliphatic carbocycles. The fraction of sp³-hybridized carbons (Fsp3) is 0.389. The van der Waals surface area contributed by atoms with Gasteiger partial charge in [-0.2, -0.15) is 4.98 Å². The van der Waals surface area contributed by atoms with Gasteiger partial charge in [-0.05, 0) is 38.0 Å². The maximum absolute atomic E-state index is 12.8. The summed E-state index contributed by atoms with van der Waals surface area (Å²) >= 11 is 0. The average molecular weight is 339 g/mol. The second-order valence-electron chi connectivity index (χ2n) is 6.57. The van der Waals surface area contributed by atoms with Gasteiger partial charge in [-0.3, -0.25) is 13.9 Å². The van der Waals surface area contributed by atoms with Gasteiger partial charge in [-0.15, -0.1) is 0 Å². The third kappa shape index (κ3) is 2.08. The van der Waals surface area contributed by atoms with Crippen LogP contribution in [0, 0.1) is 13.8 Å². The van der Waals surface area contributed by atoms with Crippen LogP contribution in [0.2, 0.25) is 0 Å². The van der Waals surface area contributed by atoms with Gasteiger partial charge >= 0.3 is 5.69 Å². The molecule has 25 heavy (non-hydrogen) atoms. The zero-order chi connectivity index (χ0) is 17.9. The number of aryl methyl sites for hydroxylation is 3. The minimum absolute atomic E-state index is 0.262. The molecular weight excluding hydrogens is 318 g/mol. The van der Waals surface area contributed by atoms with Gasteiger partial charge in [0.05, 0.1) is 0 Å². The van der Waals surface area contributed by atoms with E-state index >= 15 is 0 Å². The first-order valence-electron chi connectivity index (χ1n) is 8.49. The Balaban J connectivity index is 2.01. The predicted octanol–water partition coefficient (Wildman–Crippen LogP) is 1.69. The van der Waals surface area contributed by atoms with E-state index in [0.717, 1.165) is 23.7 Å². The number of benzene rings is 1. The molecule has 3 heterocycles. The highest BCUT2D eigenvalue weighted by molar-refractivity contribution is 5.78. The van der Waals surface area contributed by atoms with Crippen LogP contribution in [0.4, 0.5) is 11.6 Å². The highest BCUT2D eigenvalue weighted by atomic mass is 16.2. The number of nitrogens with zero attached hydrogens (tertiary/aromatic N) is 5. The van der Waals surface area contributed by atoms with E-state index in [1.807, 2.05) is 4.57 Å². The molecule has 0 radical (unpaired) electrons. The molecule has 0 N–H and O–H groups in total. The van der Waals surface area contributed by atoms with E-state index in [-0.39, 0.29) is 11.2 Å². The van der Waals surface area contributed by atoms with E-state index in [1.54, 1.807) is 14.0 Å². The van der Waals surface area contributed by atoms with Gasteiger partial charge in [-0.1, -0.05) is 12.1 Å². The number of anilines is 2. The van der Waals surface area contributed by atoms with Crippen molar-refractivity contribution in [2.24, 2.45) is 7.05 Å². The first-order valence-corrected chi connectivity index (χ1v) is 8.49. The number of hydrogen-bond acceptors (Lipinski definition) is 4. The molecule has 0 atom stereocenters. The molecule has 130 valence electrons. The second-order valence-corrected chi connectivity index (χ2v) is 6.57. The van der Waals surface area contributed by atoms with Crippen molar-refractivity contribution in [3.05, 3.63) is 50.2 Å². The maximum Gasteiger partial charge on any atom is 0.332 e. The van der Waals surface area contributed by atoms with Gasteiger partial charge in [0, 0.05) is 32.4 Å². The third-order valence-corrected chi connectivity index (χ3v) is 4.97. The van der Waals surface area contributed by atoms with Gasteiger partial charge in [0.25, 0.3) is 5.56 Å². The molecule has 7 nitrogen and oxygen atoms in total. The Kier molecular flexibility index (Phi) is 3.35. The van der Waals surface area contributed by atoms with Crippen molar-refractivity contribution < 1.29 is 0 Å². The number of hydrogen-bond donors (Lipinski definition) is 0. The van der Waals surface area contributed by atoms with Crippen LogP contribution < -0.4 is 16.1 Å². The Morgan fingerprint density at radius 1 is 1.16 bits per heavy atom. The summed E-state index contributed by atoms with van der Waals surface area (Å²) in [7, 11) is 1.67. The van der Waals surface area contributed by atoms with Crippen molar-refractivity contribution in [1.82, 2.24) is 18.7 Å². The van der Waals surface area contributed by atoms with Crippen molar-refractivity contribution >= 4 is 22.8 Å². The lowest BCUT2D eigenvalue weighted by atomic mass is 10.1. The summed E-state index contributed by atoms with van der Waals surface area (Å²) < 4.78 is 4.66. The molecule has 0 saturated carbocycles. The summed E-state index contributed by atoms with van der Waals surface area (Å²) in [4.78, 5) is 31.9. The van der Waals surface area contributed by atoms with E-state index in [4.69, 9.17) is 0 Å². The monoisotopic (exact) mass is 339 g/mol. The maximum atomic E-state index is 12.8. The lowest BCUT2D eigenvalue weighted by Gasteiger charge is -2.19. The van der Waals surface area contributed by atoms with E-state index in [2.05, 4.69) is 41.9 Å². The highest BCUT2D eigenvalue weighted by Crippen LogP contribution is 2.33. The van der Waals surface area contributed by atoms with Crippen molar-refractivity contribution in [2.45, 2.75) is 33.9 Å². The zero-order valence-corrected chi connectivity index (χ0v) is 14.9. The Labute approximate surface area is 144 Å². The molecule has 3 aromatic rings. The molecule has 1 aromatic carbocycles. The Bertz CT molecular complexity index is 1120. The molecular formula is C18H21N5O2. The summed E-state index contributed by atoms with van der Waals surface area (Å²) in [5, 5.41) is 0. The van der Waals surface area contributed by atoms with Crippen LogP contribution in [0.15, 0.2) is 27.8 Å².